The molecule has 1 atom stereocenters. The van der Waals surface area contributed by atoms with Gasteiger partial charge in [-0.05, 0) is 50.1 Å². The second kappa shape index (κ2) is 4.42. The van der Waals surface area contributed by atoms with E-state index in [1.165, 1.54) is 19.3 Å². The fourth-order valence-electron chi connectivity index (χ4n) is 2.93. The maximum absolute atomic E-state index is 12.0. The molecule has 2 heterocycles. The molecule has 2 aliphatic rings. The van der Waals surface area contributed by atoms with Crippen LogP contribution in [0.2, 0.25) is 0 Å². The van der Waals surface area contributed by atoms with E-state index in [2.05, 4.69) is 10.6 Å². The molecule has 2 fully saturated rings. The van der Waals surface area contributed by atoms with Gasteiger partial charge in [0.2, 0.25) is 0 Å². The summed E-state index contributed by atoms with van der Waals surface area (Å²) in [5.74, 6) is 0.0904. The average molecular weight is 250 g/mol. The summed E-state index contributed by atoms with van der Waals surface area (Å²) in [5, 5.41) is 10.7. The Kier molecular flexibility index (Phi) is 2.92. The lowest BCUT2D eigenvalue weighted by Gasteiger charge is -2.48. The Labute approximate surface area is 106 Å². The zero-order valence-corrected chi connectivity index (χ0v) is 10.7. The van der Waals surface area contributed by atoms with Crippen molar-refractivity contribution in [3.63, 3.8) is 0 Å². The molecule has 4 heteroatoms. The van der Waals surface area contributed by atoms with Gasteiger partial charge in [-0.25, -0.2) is 0 Å². The molecular formula is C13H18N2OS. The first-order valence-electron chi connectivity index (χ1n) is 6.36. The summed E-state index contributed by atoms with van der Waals surface area (Å²) in [4.78, 5) is 12.0. The van der Waals surface area contributed by atoms with Crippen LogP contribution in [0.3, 0.4) is 0 Å². The van der Waals surface area contributed by atoms with Crippen LogP contribution in [0.1, 0.15) is 42.5 Å². The summed E-state index contributed by atoms with van der Waals surface area (Å²) >= 11 is 1.57. The average Bonchev–Trinajstić information content (AvgIpc) is 2.81. The summed E-state index contributed by atoms with van der Waals surface area (Å²) < 4.78 is 0. The molecule has 0 radical (unpaired) electrons. The van der Waals surface area contributed by atoms with Crippen molar-refractivity contribution >= 4 is 17.2 Å². The Bertz CT molecular complexity index is 398. The van der Waals surface area contributed by atoms with Crippen molar-refractivity contribution in [3.8, 4) is 0 Å². The minimum atomic E-state index is 0.0904. The Morgan fingerprint density at radius 1 is 1.53 bits per heavy atom. The summed E-state index contributed by atoms with van der Waals surface area (Å²) in [6.45, 7) is 1.04. The molecular weight excluding hydrogens is 232 g/mol. The minimum absolute atomic E-state index is 0.0904. The van der Waals surface area contributed by atoms with Gasteiger partial charge >= 0.3 is 0 Å². The maximum Gasteiger partial charge on any atom is 0.252 e. The van der Waals surface area contributed by atoms with E-state index < -0.39 is 0 Å². The molecule has 1 spiro atoms. The monoisotopic (exact) mass is 250 g/mol. The first-order valence-corrected chi connectivity index (χ1v) is 7.30. The summed E-state index contributed by atoms with van der Waals surface area (Å²) in [6.07, 6.45) is 6.04. The van der Waals surface area contributed by atoms with Crippen molar-refractivity contribution < 1.29 is 4.79 Å². The lowest BCUT2D eigenvalue weighted by Crippen LogP contribution is -2.59. The molecule has 2 N–H and O–H groups in total. The predicted molar refractivity (Wildman–Crippen MR) is 69.4 cm³/mol. The Morgan fingerprint density at radius 3 is 3.06 bits per heavy atom. The topological polar surface area (TPSA) is 41.1 Å². The van der Waals surface area contributed by atoms with Crippen molar-refractivity contribution in [1.82, 2.24) is 10.6 Å². The fourth-order valence-corrected chi connectivity index (χ4v) is 3.56. The zero-order valence-electron chi connectivity index (χ0n) is 9.87. The van der Waals surface area contributed by atoms with Crippen LogP contribution < -0.4 is 10.6 Å². The Hall–Kier alpha value is -0.870. The van der Waals surface area contributed by atoms with Crippen molar-refractivity contribution in [2.45, 2.75) is 43.7 Å². The number of hydrogen-bond acceptors (Lipinski definition) is 3. The molecule has 3 nitrogen and oxygen atoms in total. The van der Waals surface area contributed by atoms with Gasteiger partial charge in [0.05, 0.1) is 0 Å². The number of carbonyl (C=O) groups excluding carboxylic acids is 1. The lowest BCUT2D eigenvalue weighted by atomic mass is 9.70. The number of amides is 1. The second-order valence-corrected chi connectivity index (χ2v) is 6.02. The van der Waals surface area contributed by atoms with Crippen molar-refractivity contribution in [3.05, 3.63) is 22.4 Å². The SMILES string of the molecule is O=C(NC1CCNC2(CCC2)C1)c1ccsc1. The molecule has 1 aromatic heterocycles. The number of nitrogens with one attached hydrogen (secondary N) is 2. The van der Waals surface area contributed by atoms with E-state index in [0.717, 1.165) is 24.9 Å². The standard InChI is InChI=1S/C13H18N2OS/c16-12(10-3-7-17-9-10)15-11-2-6-14-13(8-11)4-1-5-13/h3,7,9,11,14H,1-2,4-6,8H2,(H,15,16). The van der Waals surface area contributed by atoms with Crippen LogP contribution in [0.5, 0.6) is 0 Å². The van der Waals surface area contributed by atoms with Crippen molar-refractivity contribution in [1.29, 1.82) is 0 Å². The van der Waals surface area contributed by atoms with Crippen LogP contribution in [-0.4, -0.2) is 24.0 Å². The highest BCUT2D eigenvalue weighted by atomic mass is 32.1. The van der Waals surface area contributed by atoms with Crippen LogP contribution in [0.15, 0.2) is 16.8 Å². The Balaban J connectivity index is 1.60. The first kappa shape index (κ1) is 11.2. The second-order valence-electron chi connectivity index (χ2n) is 5.24. The number of piperidine rings is 1. The summed E-state index contributed by atoms with van der Waals surface area (Å²) in [5.41, 5.74) is 1.15. The van der Waals surface area contributed by atoms with Crippen molar-refractivity contribution in [2.24, 2.45) is 0 Å². The molecule has 1 unspecified atom stereocenters. The van der Waals surface area contributed by atoms with Crippen LogP contribution >= 0.6 is 11.3 Å². The largest absolute Gasteiger partial charge is 0.349 e. The minimum Gasteiger partial charge on any atom is -0.349 e. The van der Waals surface area contributed by atoms with Crippen LogP contribution in [0, 0.1) is 0 Å². The van der Waals surface area contributed by atoms with Crippen LogP contribution in [-0.2, 0) is 0 Å². The normalized spacial score (nSPS) is 26.5. The van der Waals surface area contributed by atoms with Gasteiger partial charge in [0, 0.05) is 22.5 Å². The van der Waals surface area contributed by atoms with Gasteiger partial charge < -0.3 is 10.6 Å². The van der Waals surface area contributed by atoms with E-state index in [4.69, 9.17) is 0 Å². The zero-order chi connectivity index (χ0) is 11.7. The van der Waals surface area contributed by atoms with E-state index in [9.17, 15) is 4.79 Å². The summed E-state index contributed by atoms with van der Waals surface area (Å²) in [6, 6.07) is 2.24. The van der Waals surface area contributed by atoms with Crippen LogP contribution in [0.25, 0.3) is 0 Å². The molecule has 1 saturated heterocycles. The molecule has 17 heavy (non-hydrogen) atoms. The van der Waals surface area contributed by atoms with E-state index >= 15 is 0 Å². The fraction of sp³-hybridized carbons (Fsp3) is 0.615. The molecule has 1 amide bonds. The van der Waals surface area contributed by atoms with E-state index in [0.29, 0.717) is 11.6 Å². The highest BCUT2D eigenvalue weighted by Crippen LogP contribution is 2.38. The molecule has 92 valence electrons. The van der Waals surface area contributed by atoms with Gasteiger partial charge in [-0.15, -0.1) is 0 Å². The summed E-state index contributed by atoms with van der Waals surface area (Å²) in [7, 11) is 0. The first-order chi connectivity index (χ1) is 8.27. The van der Waals surface area contributed by atoms with E-state index in [1.54, 1.807) is 11.3 Å². The number of rotatable bonds is 2. The number of hydrogen-bond donors (Lipinski definition) is 2. The highest BCUT2D eigenvalue weighted by Gasteiger charge is 2.41. The van der Waals surface area contributed by atoms with E-state index in [1.807, 2.05) is 16.8 Å². The molecule has 3 rings (SSSR count). The molecule has 0 aromatic carbocycles. The maximum atomic E-state index is 12.0. The Morgan fingerprint density at radius 2 is 2.41 bits per heavy atom. The molecule has 1 saturated carbocycles. The third-order valence-corrected chi connectivity index (χ3v) is 4.74. The number of thiophene rings is 1. The smallest absolute Gasteiger partial charge is 0.252 e. The van der Waals surface area contributed by atoms with Gasteiger partial charge in [-0.2, -0.15) is 11.3 Å². The third kappa shape index (κ3) is 2.24. The molecule has 0 bridgehead atoms. The van der Waals surface area contributed by atoms with Gasteiger partial charge in [0.25, 0.3) is 5.91 Å². The van der Waals surface area contributed by atoms with Gasteiger partial charge in [-0.3, -0.25) is 4.79 Å². The highest BCUT2D eigenvalue weighted by molar-refractivity contribution is 7.08. The predicted octanol–water partition coefficient (Wildman–Crippen LogP) is 2.15. The molecule has 1 aromatic rings. The van der Waals surface area contributed by atoms with E-state index in [-0.39, 0.29) is 5.91 Å². The quantitative estimate of drug-likeness (QED) is 0.844. The van der Waals surface area contributed by atoms with Crippen molar-refractivity contribution in [2.75, 3.05) is 6.54 Å². The van der Waals surface area contributed by atoms with Crippen LogP contribution in [0.4, 0.5) is 0 Å². The van der Waals surface area contributed by atoms with Gasteiger partial charge in [0.1, 0.15) is 0 Å². The third-order valence-electron chi connectivity index (χ3n) is 4.06. The molecule has 1 aliphatic carbocycles. The lowest BCUT2D eigenvalue weighted by molar-refractivity contribution is 0.0853. The van der Waals surface area contributed by atoms with Gasteiger partial charge in [-0.1, -0.05) is 0 Å². The van der Waals surface area contributed by atoms with Gasteiger partial charge in [0.15, 0.2) is 0 Å². The molecule has 1 aliphatic heterocycles. The number of carbonyl (C=O) groups is 1.